The third kappa shape index (κ3) is 3.50. The van der Waals surface area contributed by atoms with Crippen LogP contribution in [-0.4, -0.2) is 41.5 Å². The highest BCUT2D eigenvalue weighted by atomic mass is 32.2. The van der Waals surface area contributed by atoms with Crippen molar-refractivity contribution in [2.24, 2.45) is 5.10 Å². The molecule has 5 aromatic rings. The van der Waals surface area contributed by atoms with Crippen molar-refractivity contribution in [1.29, 1.82) is 0 Å². The van der Waals surface area contributed by atoms with Crippen molar-refractivity contribution in [1.82, 2.24) is 14.6 Å². The molecule has 0 amide bonds. The molecule has 0 aliphatic heterocycles. The Hall–Kier alpha value is -4.44. The number of rotatable bonds is 5. The second kappa shape index (κ2) is 8.16. The Morgan fingerprint density at radius 3 is 2.29 bits per heavy atom. The van der Waals surface area contributed by atoms with Gasteiger partial charge in [-0.3, -0.25) is 0 Å². The third-order valence-electron chi connectivity index (χ3n) is 5.32. The number of nitrogens with two attached hydrogens (primary N) is 1. The molecule has 0 atom stereocenters. The molecule has 0 unspecified atom stereocenters. The van der Waals surface area contributed by atoms with E-state index in [2.05, 4.69) is 15.1 Å². The number of nitrogens with zero attached hydrogens (tertiary/aromatic N) is 4. The van der Waals surface area contributed by atoms with Crippen molar-refractivity contribution >= 4 is 44.1 Å². The molecule has 34 heavy (non-hydrogen) atoms. The van der Waals surface area contributed by atoms with Crippen molar-refractivity contribution in [3.63, 3.8) is 0 Å². The lowest BCUT2D eigenvalue weighted by Crippen LogP contribution is -2.06. The number of hydrogen-bond acceptors (Lipinski definition) is 8. The Kier molecular flexibility index (Phi) is 5.14. The van der Waals surface area contributed by atoms with Gasteiger partial charge in [0.15, 0.2) is 5.65 Å². The molecular weight excluding hydrogens is 454 g/mol. The van der Waals surface area contributed by atoms with Gasteiger partial charge in [-0.15, -0.1) is 0 Å². The summed E-state index contributed by atoms with van der Waals surface area (Å²) in [6, 6.07) is 19.7. The number of phenolic OH excluding ortho intramolecular Hbond substituents is 1. The van der Waals surface area contributed by atoms with Gasteiger partial charge in [0, 0.05) is 5.56 Å². The van der Waals surface area contributed by atoms with Crippen LogP contribution in [-0.2, 0) is 9.84 Å². The molecule has 3 aromatic carbocycles. The predicted octanol–water partition coefficient (Wildman–Crippen LogP) is 3.60. The van der Waals surface area contributed by atoms with Crippen LogP contribution < -0.4 is 10.5 Å². The number of benzene rings is 3. The molecule has 170 valence electrons. The first-order valence-electron chi connectivity index (χ1n) is 10.2. The van der Waals surface area contributed by atoms with Crippen LogP contribution in [0.15, 0.2) is 87.7 Å². The van der Waals surface area contributed by atoms with Crippen molar-refractivity contribution < 1.29 is 18.3 Å². The summed E-state index contributed by atoms with van der Waals surface area (Å²) in [6.07, 6.45) is 1.38. The van der Waals surface area contributed by atoms with Crippen LogP contribution in [0.3, 0.4) is 0 Å². The molecule has 0 bridgehead atoms. The molecule has 0 radical (unpaired) electrons. The average Bonchev–Trinajstić information content (AvgIpc) is 3.12. The van der Waals surface area contributed by atoms with Crippen molar-refractivity contribution in [2.45, 2.75) is 9.79 Å². The first-order valence-corrected chi connectivity index (χ1v) is 11.7. The number of aromatic nitrogens is 3. The topological polar surface area (TPSA) is 133 Å². The summed E-state index contributed by atoms with van der Waals surface area (Å²) in [5, 5.41) is 14.4. The summed E-state index contributed by atoms with van der Waals surface area (Å²) in [4.78, 5) is 8.99. The quantitative estimate of drug-likeness (QED) is 0.373. The van der Waals surface area contributed by atoms with Gasteiger partial charge in [-0.25, -0.2) is 18.4 Å². The minimum atomic E-state index is -4.09. The van der Waals surface area contributed by atoms with Gasteiger partial charge in [0.05, 0.1) is 29.3 Å². The Morgan fingerprint density at radius 1 is 0.971 bits per heavy atom. The molecular formula is C24H19N5O4S. The molecule has 0 saturated carbocycles. The Labute approximate surface area is 194 Å². The summed E-state index contributed by atoms with van der Waals surface area (Å²) in [6.45, 7) is 0. The van der Waals surface area contributed by atoms with Gasteiger partial charge in [-0.2, -0.15) is 9.78 Å². The van der Waals surface area contributed by atoms with Gasteiger partial charge in [-0.05, 0) is 48.5 Å². The summed E-state index contributed by atoms with van der Waals surface area (Å²) < 4.78 is 33.7. The predicted molar refractivity (Wildman–Crippen MR) is 129 cm³/mol. The average molecular weight is 474 g/mol. The third-order valence-corrected chi connectivity index (χ3v) is 7.15. The van der Waals surface area contributed by atoms with E-state index < -0.39 is 9.84 Å². The molecule has 2 heterocycles. The second-order valence-corrected chi connectivity index (χ2v) is 9.28. The maximum absolute atomic E-state index is 13.7. The van der Waals surface area contributed by atoms with Gasteiger partial charge >= 0.3 is 0 Å². The maximum Gasteiger partial charge on any atom is 0.212 e. The van der Waals surface area contributed by atoms with Crippen molar-refractivity contribution in [3.8, 4) is 11.5 Å². The number of para-hydroxylation sites is 3. The van der Waals surface area contributed by atoms with Crippen LogP contribution in [0.4, 0.5) is 5.82 Å². The highest BCUT2D eigenvalue weighted by Gasteiger charge is 2.30. The van der Waals surface area contributed by atoms with Crippen molar-refractivity contribution in [2.75, 3.05) is 12.8 Å². The lowest BCUT2D eigenvalue weighted by atomic mass is 10.2. The summed E-state index contributed by atoms with van der Waals surface area (Å²) in [7, 11) is -2.59. The number of sulfone groups is 1. The minimum Gasteiger partial charge on any atom is -0.507 e. The van der Waals surface area contributed by atoms with Gasteiger partial charge in [0.2, 0.25) is 9.84 Å². The van der Waals surface area contributed by atoms with Crippen LogP contribution in [0, 0.1) is 0 Å². The molecule has 0 aliphatic rings. The fourth-order valence-corrected chi connectivity index (χ4v) is 5.08. The van der Waals surface area contributed by atoms with E-state index in [1.807, 2.05) is 0 Å². The number of fused-ring (bicyclic) bond motifs is 2. The van der Waals surface area contributed by atoms with E-state index >= 15 is 0 Å². The van der Waals surface area contributed by atoms with Gasteiger partial charge in [0.1, 0.15) is 27.7 Å². The second-order valence-electron chi connectivity index (χ2n) is 7.39. The van der Waals surface area contributed by atoms with E-state index in [4.69, 9.17) is 10.5 Å². The Morgan fingerprint density at radius 2 is 1.62 bits per heavy atom. The summed E-state index contributed by atoms with van der Waals surface area (Å²) in [5.74, 6) is 0.393. The van der Waals surface area contributed by atoms with Crippen LogP contribution in [0.25, 0.3) is 22.2 Å². The SMILES string of the molecule is COc1ccc(S(=O)(=O)c2c(N)n(N=Cc3ccccc3O)c3nc4ccccc4nc23)cc1. The standard InChI is InChI=1S/C24H19N5O4S/c1-33-16-10-12-17(13-11-16)34(31,32)22-21-24(28-19-8-4-3-7-18(19)27-21)29(23(22)25)26-14-15-6-2-5-9-20(15)30/h2-14,30H,25H2,1H3. The molecule has 10 heteroatoms. The zero-order valence-electron chi connectivity index (χ0n) is 18.0. The Balaban J connectivity index is 1.78. The lowest BCUT2D eigenvalue weighted by molar-refractivity contribution is 0.414. The number of hydrogen-bond donors (Lipinski definition) is 2. The van der Waals surface area contributed by atoms with E-state index in [1.165, 1.54) is 36.2 Å². The summed E-state index contributed by atoms with van der Waals surface area (Å²) >= 11 is 0. The molecule has 0 fully saturated rings. The van der Waals surface area contributed by atoms with E-state index in [1.54, 1.807) is 54.6 Å². The smallest absolute Gasteiger partial charge is 0.212 e. The molecule has 0 spiro atoms. The minimum absolute atomic E-state index is 0.0175. The molecule has 5 rings (SSSR count). The van der Waals surface area contributed by atoms with Gasteiger partial charge < -0.3 is 15.6 Å². The first-order chi connectivity index (χ1) is 16.4. The van der Waals surface area contributed by atoms with E-state index in [9.17, 15) is 13.5 Å². The molecule has 0 aliphatic carbocycles. The number of aromatic hydroxyl groups is 1. The lowest BCUT2D eigenvalue weighted by Gasteiger charge is -2.06. The number of ether oxygens (including phenoxy) is 1. The Bertz CT molecular complexity index is 1680. The zero-order valence-corrected chi connectivity index (χ0v) is 18.8. The maximum atomic E-state index is 13.7. The highest BCUT2D eigenvalue weighted by molar-refractivity contribution is 7.92. The highest BCUT2D eigenvalue weighted by Crippen LogP contribution is 2.35. The van der Waals surface area contributed by atoms with E-state index in [0.29, 0.717) is 22.3 Å². The molecule has 2 aromatic heterocycles. The van der Waals surface area contributed by atoms with Crippen LogP contribution in [0.5, 0.6) is 11.5 Å². The van der Waals surface area contributed by atoms with E-state index in [0.717, 1.165) is 0 Å². The zero-order chi connectivity index (χ0) is 23.9. The monoisotopic (exact) mass is 473 g/mol. The normalized spacial score (nSPS) is 12.0. The van der Waals surface area contributed by atoms with Crippen molar-refractivity contribution in [3.05, 3.63) is 78.4 Å². The van der Waals surface area contributed by atoms with Gasteiger partial charge in [-0.1, -0.05) is 24.3 Å². The number of methoxy groups -OCH3 is 1. The van der Waals surface area contributed by atoms with E-state index in [-0.39, 0.29) is 32.5 Å². The van der Waals surface area contributed by atoms with Crippen LogP contribution >= 0.6 is 0 Å². The fraction of sp³-hybridized carbons (Fsp3) is 0.0417. The molecule has 3 N–H and O–H groups in total. The molecule has 0 saturated heterocycles. The number of phenols is 1. The van der Waals surface area contributed by atoms with Crippen LogP contribution in [0.1, 0.15) is 5.56 Å². The first kappa shape index (κ1) is 21.4. The van der Waals surface area contributed by atoms with Crippen LogP contribution in [0.2, 0.25) is 0 Å². The van der Waals surface area contributed by atoms with Gasteiger partial charge in [0.25, 0.3) is 0 Å². The number of nitrogen functional groups attached to an aromatic ring is 1. The fourth-order valence-electron chi connectivity index (χ4n) is 3.59. The largest absolute Gasteiger partial charge is 0.507 e. The molecule has 9 nitrogen and oxygen atoms in total. The summed E-state index contributed by atoms with van der Waals surface area (Å²) in [5.41, 5.74) is 8.14. The number of anilines is 1.